The zero-order valence-electron chi connectivity index (χ0n) is 22.9. The molecule has 0 aliphatic carbocycles. The highest BCUT2D eigenvalue weighted by molar-refractivity contribution is 9.11. The molecule has 1 heterocycles. The van der Waals surface area contributed by atoms with E-state index in [9.17, 15) is 0 Å². The molecule has 0 bridgehead atoms. The molecular formula is C38H26B2Br2. The Morgan fingerprint density at radius 3 is 0.905 bits per heavy atom. The van der Waals surface area contributed by atoms with E-state index in [0.29, 0.717) is 0 Å². The van der Waals surface area contributed by atoms with E-state index in [-0.39, 0.29) is 13.4 Å². The van der Waals surface area contributed by atoms with Gasteiger partial charge in [-0.15, -0.1) is 0 Å². The van der Waals surface area contributed by atoms with E-state index in [0.717, 1.165) is 8.95 Å². The van der Waals surface area contributed by atoms with Gasteiger partial charge in [0.2, 0.25) is 13.4 Å². The summed E-state index contributed by atoms with van der Waals surface area (Å²) in [5.41, 5.74) is 8.22. The Kier molecular flexibility index (Phi) is 7.59. The van der Waals surface area contributed by atoms with Crippen molar-refractivity contribution in [3.05, 3.63) is 167 Å². The van der Waals surface area contributed by atoms with E-state index in [2.05, 4.69) is 153 Å². The van der Waals surface area contributed by atoms with Gasteiger partial charge in [-0.2, -0.15) is 0 Å². The van der Waals surface area contributed by atoms with Gasteiger partial charge in [0.25, 0.3) is 0 Å². The van der Waals surface area contributed by atoms with Gasteiger partial charge < -0.3 is 0 Å². The number of hydrogen-bond donors (Lipinski definition) is 0. The number of hydrogen-bond acceptors (Lipinski definition) is 0. The van der Waals surface area contributed by atoms with E-state index in [1.165, 1.54) is 54.3 Å². The van der Waals surface area contributed by atoms with Gasteiger partial charge in [0.1, 0.15) is 0 Å². The van der Waals surface area contributed by atoms with Gasteiger partial charge in [0, 0.05) is 8.95 Å². The van der Waals surface area contributed by atoms with Gasteiger partial charge >= 0.3 is 0 Å². The first-order valence-electron chi connectivity index (χ1n) is 14.2. The van der Waals surface area contributed by atoms with E-state index in [1.54, 1.807) is 0 Å². The Labute approximate surface area is 264 Å². The third kappa shape index (κ3) is 4.83. The average Bonchev–Trinajstić information content (AvgIpc) is 3.04. The lowest BCUT2D eigenvalue weighted by Crippen LogP contribution is -2.75. The van der Waals surface area contributed by atoms with Gasteiger partial charge in [0.05, 0.1) is 0 Å². The van der Waals surface area contributed by atoms with Crippen LogP contribution in [0.4, 0.5) is 0 Å². The molecule has 0 N–H and O–H groups in total. The van der Waals surface area contributed by atoms with Gasteiger partial charge in [-0.05, 0) is 33.7 Å². The summed E-state index contributed by atoms with van der Waals surface area (Å²) in [5.74, 6) is 0. The molecule has 7 aromatic rings. The summed E-state index contributed by atoms with van der Waals surface area (Å²) in [5, 5.41) is 5.11. The van der Waals surface area contributed by atoms with Crippen LogP contribution in [-0.4, -0.2) is 13.4 Å². The van der Waals surface area contributed by atoms with Crippen LogP contribution in [-0.2, 0) is 0 Å². The molecule has 0 atom stereocenters. The quantitative estimate of drug-likeness (QED) is 0.184. The molecule has 0 unspecified atom stereocenters. The minimum Gasteiger partial charge on any atom is -0.0733 e. The first-order chi connectivity index (χ1) is 20.7. The summed E-state index contributed by atoms with van der Waals surface area (Å²) in [4.78, 5) is 0. The molecule has 8 rings (SSSR count). The molecule has 42 heavy (non-hydrogen) atoms. The lowest BCUT2D eigenvalue weighted by Gasteiger charge is -2.33. The summed E-state index contributed by atoms with van der Waals surface area (Å²) in [6, 6.07) is 56.5. The van der Waals surface area contributed by atoms with Crippen molar-refractivity contribution in [3.63, 3.8) is 0 Å². The molecule has 7 aromatic carbocycles. The number of rotatable bonds is 2. The van der Waals surface area contributed by atoms with Gasteiger partial charge in [0.15, 0.2) is 0 Å². The molecule has 4 heteroatoms. The predicted molar refractivity (Wildman–Crippen MR) is 192 cm³/mol. The Balaban J connectivity index is 0.000000430. The Bertz CT molecular complexity index is 1820. The zero-order chi connectivity index (χ0) is 28.5. The normalized spacial score (nSPS) is 12.0. The SMILES string of the molecule is Brc1cccc2cccc(B3c4ccccc4B(c4cccc5cccc(Br)c45)c4ccccc43)c12.c1ccccc1. The highest BCUT2D eigenvalue weighted by Crippen LogP contribution is 2.24. The molecule has 0 saturated heterocycles. The molecule has 198 valence electrons. The predicted octanol–water partition coefficient (Wildman–Crippen LogP) is 6.55. The third-order valence-electron chi connectivity index (χ3n) is 8.30. The molecule has 0 aromatic heterocycles. The van der Waals surface area contributed by atoms with Crippen LogP contribution in [0, 0.1) is 0 Å². The summed E-state index contributed by atoms with van der Waals surface area (Å²) in [6.45, 7) is 0.323. The van der Waals surface area contributed by atoms with Crippen molar-refractivity contribution < 1.29 is 0 Å². The van der Waals surface area contributed by atoms with Crippen molar-refractivity contribution in [2.75, 3.05) is 0 Å². The summed E-state index contributed by atoms with van der Waals surface area (Å²) in [6.07, 6.45) is 0. The average molecular weight is 664 g/mol. The van der Waals surface area contributed by atoms with Crippen LogP contribution in [0.15, 0.2) is 167 Å². The van der Waals surface area contributed by atoms with Crippen LogP contribution in [0.1, 0.15) is 0 Å². The second kappa shape index (κ2) is 11.8. The van der Waals surface area contributed by atoms with Crippen LogP contribution in [0.5, 0.6) is 0 Å². The lowest BCUT2D eigenvalue weighted by molar-refractivity contribution is 1.70. The minimum absolute atomic E-state index is 0.162. The Hall–Kier alpha value is -3.85. The number of fused-ring (bicyclic) bond motifs is 4. The molecule has 0 saturated carbocycles. The molecule has 0 fully saturated rings. The van der Waals surface area contributed by atoms with Crippen molar-refractivity contribution in [1.29, 1.82) is 0 Å². The molecule has 0 radical (unpaired) electrons. The van der Waals surface area contributed by atoms with Gasteiger partial charge in [-0.1, -0.05) is 210 Å². The molecule has 0 nitrogen and oxygen atoms in total. The fourth-order valence-electron chi connectivity index (χ4n) is 6.59. The molecule has 0 amide bonds. The van der Waals surface area contributed by atoms with Crippen molar-refractivity contribution in [2.24, 2.45) is 0 Å². The molecule has 1 aliphatic heterocycles. The lowest BCUT2D eigenvalue weighted by atomic mass is 9.21. The highest BCUT2D eigenvalue weighted by atomic mass is 79.9. The maximum atomic E-state index is 3.87. The largest absolute Gasteiger partial charge is 0.240 e. The third-order valence-corrected chi connectivity index (χ3v) is 9.62. The zero-order valence-corrected chi connectivity index (χ0v) is 26.1. The second-order valence-electron chi connectivity index (χ2n) is 10.6. The van der Waals surface area contributed by atoms with Crippen LogP contribution in [0.3, 0.4) is 0 Å². The first-order valence-corrected chi connectivity index (χ1v) is 15.8. The minimum atomic E-state index is 0.162. The van der Waals surface area contributed by atoms with Crippen molar-refractivity contribution in [1.82, 2.24) is 0 Å². The monoisotopic (exact) mass is 662 g/mol. The fraction of sp³-hybridized carbons (Fsp3) is 0. The fourth-order valence-corrected chi connectivity index (χ4v) is 7.81. The standard InChI is InChI=1S/C32H20B2Br2.C6H6/c35-29-19-7-11-21-9-5-17-27(31(21)29)33-23-13-1-2-14-24(23)34(26-16-4-3-15-25(26)33)28-18-6-10-22-12-8-20-30(36)32(22)28;1-2-4-6-5-3-1/h1-20H;1-6H. The first kappa shape index (κ1) is 27.0. The summed E-state index contributed by atoms with van der Waals surface area (Å²) in [7, 11) is 0. The van der Waals surface area contributed by atoms with Crippen LogP contribution < -0.4 is 32.8 Å². The number of halogens is 2. The van der Waals surface area contributed by atoms with Crippen molar-refractivity contribution in [3.8, 4) is 0 Å². The van der Waals surface area contributed by atoms with Gasteiger partial charge in [-0.3, -0.25) is 0 Å². The van der Waals surface area contributed by atoms with Crippen molar-refractivity contribution in [2.45, 2.75) is 0 Å². The smallest absolute Gasteiger partial charge is 0.0733 e. The van der Waals surface area contributed by atoms with Crippen LogP contribution in [0.25, 0.3) is 21.5 Å². The Morgan fingerprint density at radius 1 is 0.286 bits per heavy atom. The van der Waals surface area contributed by atoms with E-state index < -0.39 is 0 Å². The van der Waals surface area contributed by atoms with Crippen LogP contribution in [0.2, 0.25) is 0 Å². The number of benzene rings is 7. The topological polar surface area (TPSA) is 0 Å². The van der Waals surface area contributed by atoms with Gasteiger partial charge in [-0.25, -0.2) is 0 Å². The van der Waals surface area contributed by atoms with E-state index in [1.807, 2.05) is 36.4 Å². The second-order valence-corrected chi connectivity index (χ2v) is 12.4. The molecule has 0 spiro atoms. The molecule has 1 aliphatic rings. The summed E-state index contributed by atoms with van der Waals surface area (Å²) >= 11 is 7.75. The van der Waals surface area contributed by atoms with Crippen molar-refractivity contribution >= 4 is 99.6 Å². The Morgan fingerprint density at radius 2 is 0.571 bits per heavy atom. The van der Waals surface area contributed by atoms with E-state index >= 15 is 0 Å². The van der Waals surface area contributed by atoms with Crippen LogP contribution >= 0.6 is 31.9 Å². The highest BCUT2D eigenvalue weighted by Gasteiger charge is 2.39. The summed E-state index contributed by atoms with van der Waals surface area (Å²) < 4.78 is 2.29. The maximum absolute atomic E-state index is 3.87. The maximum Gasteiger partial charge on any atom is 0.240 e. The van der Waals surface area contributed by atoms with E-state index in [4.69, 9.17) is 0 Å². The molecular weight excluding hydrogens is 638 g/mol.